The summed E-state index contributed by atoms with van der Waals surface area (Å²) in [7, 11) is 1.19. The molecule has 0 rings (SSSR count). The first kappa shape index (κ1) is 81.6. The van der Waals surface area contributed by atoms with Crippen LogP contribution in [-0.4, -0.2) is 68.5 Å². The molecule has 3 unspecified atom stereocenters. The minimum absolute atomic E-state index is 0.0241. The number of hydrogen-bond acceptors (Lipinski definition) is 6. The monoisotopic (exact) mass is 1210 g/mol. The Balaban J connectivity index is 4.28. The molecule has 0 aromatic rings. The Morgan fingerprint density at radius 3 is 1.08 bits per heavy atom. The summed E-state index contributed by atoms with van der Waals surface area (Å²) < 4.78 is 23.4. The predicted molar refractivity (Wildman–Crippen MR) is 375 cm³/mol. The number of nitrogens with one attached hydrogen (secondary N) is 1. The lowest BCUT2D eigenvalue weighted by molar-refractivity contribution is -0.870. The number of carbonyl (C=O) groups excluding carboxylic acids is 1. The van der Waals surface area contributed by atoms with E-state index in [4.69, 9.17) is 9.05 Å². The molecule has 86 heavy (non-hydrogen) atoms. The van der Waals surface area contributed by atoms with Gasteiger partial charge in [0, 0.05) is 6.42 Å². The number of rotatable bonds is 60. The minimum Gasteiger partial charge on any atom is -0.756 e. The van der Waals surface area contributed by atoms with Gasteiger partial charge in [0.1, 0.15) is 13.2 Å². The maximum atomic E-state index is 13.0. The second-order valence-electron chi connectivity index (χ2n) is 23.4. The number of nitrogens with zero attached hydrogens (tertiary/aromatic N) is 1. The van der Waals surface area contributed by atoms with Gasteiger partial charge in [-0.25, -0.2) is 0 Å². The number of carbonyl (C=O) groups is 1. The van der Waals surface area contributed by atoms with Crippen molar-refractivity contribution in [2.45, 2.75) is 257 Å². The number of hydrogen-bond donors (Lipinski definition) is 2. The highest BCUT2D eigenvalue weighted by Crippen LogP contribution is 2.38. The van der Waals surface area contributed by atoms with Crippen molar-refractivity contribution < 1.29 is 32.9 Å². The standard InChI is InChI=1S/C77H127N2O6P/c1-6-8-10-12-14-16-18-20-22-24-26-28-30-31-32-33-34-35-36-37-38-39-40-41-42-43-44-45-46-47-49-51-53-55-57-59-61-63-65-67-69-71-77(81)78-75(74-85-86(82,83)84-73-72-79(3,4)5)76(80)70-68-66-64-62-60-58-56-54-52-50-48-29-27-25-23-21-19-17-15-13-11-9-7-2/h8,10,14,16,20,22,26,28,31-32,34-35,37-38,40-41,43-44,46-47,51-54,57,59-60,62,68,70,75-76,80H,6-7,9,11-13,15,17-19,21,23-25,27,29-30,33,36,39,42,45,48-50,55-56,58,61,63-67,69,71-74H2,1-5H3,(H-,78,81,82,83)/b10-8-,16-14-,22-20-,28-26-,32-31-,35-34-,38-37-,41-40-,44-43-,47-46-,53-51-,54-52+,59-57-,62-60+,70-68+. The number of aliphatic hydroxyl groups excluding tert-OH is 1. The summed E-state index contributed by atoms with van der Waals surface area (Å²) in [6, 6.07) is -0.939. The third-order valence-electron chi connectivity index (χ3n) is 14.1. The molecule has 0 fully saturated rings. The Kier molecular flexibility index (Phi) is 61.7. The van der Waals surface area contributed by atoms with E-state index in [9.17, 15) is 19.4 Å². The minimum atomic E-state index is -4.64. The van der Waals surface area contributed by atoms with Crippen LogP contribution in [0.3, 0.4) is 0 Å². The summed E-state index contributed by atoms with van der Waals surface area (Å²) in [4.78, 5) is 25.6. The molecule has 0 radical (unpaired) electrons. The van der Waals surface area contributed by atoms with Crippen LogP contribution in [-0.2, 0) is 18.4 Å². The van der Waals surface area contributed by atoms with E-state index in [0.717, 1.165) is 122 Å². The quantitative estimate of drug-likeness (QED) is 0.0272. The lowest BCUT2D eigenvalue weighted by Gasteiger charge is -2.29. The summed E-state index contributed by atoms with van der Waals surface area (Å²) in [5.41, 5.74) is 0. The molecule has 1 amide bonds. The molecule has 0 aromatic heterocycles. The topological polar surface area (TPSA) is 108 Å². The van der Waals surface area contributed by atoms with E-state index in [-0.39, 0.29) is 18.9 Å². The summed E-state index contributed by atoms with van der Waals surface area (Å²) in [6.07, 6.45) is 104. The van der Waals surface area contributed by atoms with Gasteiger partial charge in [-0.3, -0.25) is 9.36 Å². The lowest BCUT2D eigenvalue weighted by Crippen LogP contribution is -2.45. The Hall–Kier alpha value is -4.40. The van der Waals surface area contributed by atoms with E-state index in [1.807, 2.05) is 27.2 Å². The first-order valence-corrected chi connectivity index (χ1v) is 35.6. The van der Waals surface area contributed by atoms with Crippen LogP contribution in [0.25, 0.3) is 0 Å². The van der Waals surface area contributed by atoms with Gasteiger partial charge in [-0.05, 0) is 135 Å². The number of allylic oxidation sites excluding steroid dienone is 29. The van der Waals surface area contributed by atoms with Crippen molar-refractivity contribution >= 4 is 13.7 Å². The van der Waals surface area contributed by atoms with Crippen molar-refractivity contribution in [1.29, 1.82) is 0 Å². The molecule has 486 valence electrons. The summed E-state index contributed by atoms with van der Waals surface area (Å²) >= 11 is 0. The zero-order valence-corrected chi connectivity index (χ0v) is 56.3. The van der Waals surface area contributed by atoms with E-state index in [2.05, 4.69) is 189 Å². The highest BCUT2D eigenvalue weighted by molar-refractivity contribution is 7.45. The molecular weight excluding hydrogens is 1080 g/mol. The van der Waals surface area contributed by atoms with Crippen molar-refractivity contribution in [3.8, 4) is 0 Å². The number of phosphoric ester groups is 1. The van der Waals surface area contributed by atoms with E-state index in [1.165, 1.54) is 89.9 Å². The second kappa shape index (κ2) is 65.1. The molecule has 0 saturated carbocycles. The van der Waals surface area contributed by atoms with Crippen LogP contribution in [0.5, 0.6) is 0 Å². The number of unbranched alkanes of at least 4 members (excludes halogenated alkanes) is 19. The molecule has 0 aliphatic rings. The lowest BCUT2D eigenvalue weighted by atomic mass is 10.0. The average molecular weight is 1210 g/mol. The Morgan fingerprint density at radius 1 is 0.419 bits per heavy atom. The molecule has 0 aromatic carbocycles. The molecular formula is C77H127N2O6P. The molecule has 0 saturated heterocycles. The van der Waals surface area contributed by atoms with Crippen LogP contribution in [0.2, 0.25) is 0 Å². The van der Waals surface area contributed by atoms with Crippen LogP contribution in [0.15, 0.2) is 182 Å². The number of phosphoric acid groups is 1. The molecule has 0 aliphatic carbocycles. The summed E-state index contributed by atoms with van der Waals surface area (Å²) in [5.74, 6) is -0.242. The van der Waals surface area contributed by atoms with Gasteiger partial charge in [0.15, 0.2) is 0 Å². The van der Waals surface area contributed by atoms with Gasteiger partial charge in [-0.1, -0.05) is 286 Å². The van der Waals surface area contributed by atoms with Gasteiger partial charge in [0.2, 0.25) is 5.91 Å². The van der Waals surface area contributed by atoms with Crippen molar-refractivity contribution in [3.63, 3.8) is 0 Å². The van der Waals surface area contributed by atoms with Gasteiger partial charge >= 0.3 is 0 Å². The molecule has 2 N–H and O–H groups in total. The summed E-state index contributed by atoms with van der Waals surface area (Å²) in [5, 5.41) is 13.9. The Bertz CT molecular complexity index is 2060. The van der Waals surface area contributed by atoms with Crippen LogP contribution in [0, 0.1) is 0 Å². The molecule has 0 spiro atoms. The van der Waals surface area contributed by atoms with Gasteiger partial charge in [-0.15, -0.1) is 0 Å². The van der Waals surface area contributed by atoms with Gasteiger partial charge < -0.3 is 28.8 Å². The highest BCUT2D eigenvalue weighted by Gasteiger charge is 2.23. The van der Waals surface area contributed by atoms with Crippen molar-refractivity contribution in [2.24, 2.45) is 0 Å². The van der Waals surface area contributed by atoms with Crippen LogP contribution in [0.4, 0.5) is 0 Å². The normalized spacial score (nSPS) is 14.8. The third-order valence-corrected chi connectivity index (χ3v) is 15.0. The van der Waals surface area contributed by atoms with Crippen molar-refractivity contribution in [1.82, 2.24) is 5.32 Å². The zero-order valence-electron chi connectivity index (χ0n) is 55.4. The number of amides is 1. The maximum absolute atomic E-state index is 13.0. The third kappa shape index (κ3) is 67.1. The number of quaternary nitrogens is 1. The largest absolute Gasteiger partial charge is 0.756 e. The first-order chi connectivity index (χ1) is 42.0. The highest BCUT2D eigenvalue weighted by atomic mass is 31.2. The van der Waals surface area contributed by atoms with Crippen LogP contribution < -0.4 is 10.2 Å². The fourth-order valence-electron chi connectivity index (χ4n) is 8.81. The first-order valence-electron chi connectivity index (χ1n) is 34.1. The Morgan fingerprint density at radius 2 is 0.721 bits per heavy atom. The molecule has 9 heteroatoms. The maximum Gasteiger partial charge on any atom is 0.268 e. The fraction of sp³-hybridized carbons (Fsp3) is 0.597. The van der Waals surface area contributed by atoms with Crippen LogP contribution in [0.1, 0.15) is 245 Å². The molecule has 0 heterocycles. The molecule has 0 aliphatic heterocycles. The summed E-state index contributed by atoms with van der Waals surface area (Å²) in [6.45, 7) is 4.47. The number of aliphatic hydroxyl groups is 1. The van der Waals surface area contributed by atoms with Crippen molar-refractivity contribution in [3.05, 3.63) is 182 Å². The molecule has 8 nitrogen and oxygen atoms in total. The van der Waals surface area contributed by atoms with E-state index in [1.54, 1.807) is 6.08 Å². The van der Waals surface area contributed by atoms with E-state index in [0.29, 0.717) is 23.9 Å². The Labute approximate surface area is 529 Å². The van der Waals surface area contributed by atoms with Crippen molar-refractivity contribution in [2.75, 3.05) is 40.9 Å². The average Bonchev–Trinajstić information content (AvgIpc) is 3.70. The SMILES string of the molecule is CC/C=C\C/C=C\C/C=C\C/C=C\C/C=C\C/C=C\C/C=C\C/C=C\C/C=C\C/C=C\C/C=C\C/C=C\CCCCCCC(=O)NC(COP(=O)([O-])OCC[N+](C)(C)C)C(O)/C=C/CC/C=C/CC/C=C/CCCCCCCCCCCCCCC. The van der Waals surface area contributed by atoms with Gasteiger partial charge in [-0.2, -0.15) is 0 Å². The fourth-order valence-corrected chi connectivity index (χ4v) is 9.54. The van der Waals surface area contributed by atoms with E-state index >= 15 is 0 Å². The van der Waals surface area contributed by atoms with Gasteiger partial charge in [0.25, 0.3) is 7.82 Å². The zero-order chi connectivity index (χ0) is 62.6. The molecule has 3 atom stereocenters. The number of likely N-dealkylation sites (N-methyl/N-ethyl adjacent to an activating group) is 1. The second-order valence-corrected chi connectivity index (χ2v) is 24.8. The smallest absolute Gasteiger partial charge is 0.268 e. The van der Waals surface area contributed by atoms with Gasteiger partial charge in [0.05, 0.1) is 39.9 Å². The molecule has 0 bridgehead atoms. The van der Waals surface area contributed by atoms with E-state index < -0.39 is 26.6 Å². The van der Waals surface area contributed by atoms with Crippen LogP contribution >= 0.6 is 7.82 Å². The predicted octanol–water partition coefficient (Wildman–Crippen LogP) is 21.5.